The third-order valence-electron chi connectivity index (χ3n) is 0.614. The molecule has 0 amide bonds. The average molecular weight is 211 g/mol. The quantitative estimate of drug-likeness (QED) is 0.419. The number of hydrogen-bond acceptors (Lipinski definition) is 0. The monoisotopic (exact) mass is 211 g/mol. The fourth-order valence-electron chi connectivity index (χ4n) is 0.154. The Kier molecular flexibility index (Phi) is 10.5. The number of halogens is 2. The van der Waals surface area contributed by atoms with Crippen LogP contribution >= 0.6 is 23.2 Å². The van der Waals surface area contributed by atoms with E-state index in [4.69, 9.17) is 23.2 Å². The van der Waals surface area contributed by atoms with Gasteiger partial charge in [-0.05, 0) is 0 Å². The van der Waals surface area contributed by atoms with Crippen molar-refractivity contribution in [2.24, 2.45) is 0 Å². The zero-order valence-electron chi connectivity index (χ0n) is 4.95. The molecule has 8 heavy (non-hydrogen) atoms. The van der Waals surface area contributed by atoms with Crippen LogP contribution in [-0.4, -0.2) is 16.0 Å². The zero-order valence-corrected chi connectivity index (χ0v) is 8.17. The summed E-state index contributed by atoms with van der Waals surface area (Å²) in [6.07, 6.45) is 0.961. The second-order valence-corrected chi connectivity index (χ2v) is 3.39. The molecule has 0 aliphatic carbocycles. The summed E-state index contributed by atoms with van der Waals surface area (Å²) in [6, 6.07) is 0. The fraction of sp³-hybridized carbons (Fsp3) is 0.750. The van der Waals surface area contributed by atoms with Gasteiger partial charge in [0.05, 0.1) is 0 Å². The Balaban J connectivity index is 0. The van der Waals surface area contributed by atoms with Crippen LogP contribution in [-0.2, 0) is 0 Å². The van der Waals surface area contributed by atoms with Gasteiger partial charge in [0.1, 0.15) is 0 Å². The summed E-state index contributed by atoms with van der Waals surface area (Å²) in [5.41, 5.74) is 0. The third-order valence-corrected chi connectivity index (χ3v) is 2.92. The van der Waals surface area contributed by atoms with Gasteiger partial charge in [-0.25, -0.2) is 0 Å². The van der Waals surface area contributed by atoms with Crippen molar-refractivity contribution in [2.45, 2.75) is 18.2 Å². The van der Waals surface area contributed by atoms with Crippen molar-refractivity contribution in [3.63, 3.8) is 0 Å². The molecule has 0 aromatic rings. The summed E-state index contributed by atoms with van der Waals surface area (Å²) in [5, 5.41) is 0. The number of hydrogen-bond donors (Lipinski definition) is 0. The van der Waals surface area contributed by atoms with E-state index in [1.807, 2.05) is 6.92 Å². The van der Waals surface area contributed by atoms with Crippen LogP contribution in [0.1, 0.15) is 13.3 Å². The first kappa shape index (κ1) is 12.4. The van der Waals surface area contributed by atoms with Crippen molar-refractivity contribution in [1.82, 2.24) is 0 Å². The van der Waals surface area contributed by atoms with Crippen molar-refractivity contribution in [2.75, 3.05) is 0 Å². The van der Waals surface area contributed by atoms with Gasteiger partial charge in [0, 0.05) is 0 Å². The number of rotatable bonds is 2. The van der Waals surface area contributed by atoms with E-state index in [-0.39, 0.29) is 23.7 Å². The Labute approximate surface area is 80.7 Å². The molecule has 0 bridgehead atoms. The molecule has 1 radical (unpaired) electrons. The normalized spacial score (nSPS) is 13.1. The van der Waals surface area contributed by atoms with Gasteiger partial charge in [-0.2, -0.15) is 0 Å². The van der Waals surface area contributed by atoms with Gasteiger partial charge in [-0.15, -0.1) is 0 Å². The summed E-state index contributed by atoms with van der Waals surface area (Å²) in [6.45, 7) is 2.02. The van der Waals surface area contributed by atoms with Crippen LogP contribution in [0.2, 0.25) is 4.82 Å². The first-order chi connectivity index (χ1) is 3.18. The van der Waals surface area contributed by atoms with Gasteiger partial charge in [0.15, 0.2) is 0 Å². The molecule has 43 valence electrons. The first-order valence-corrected chi connectivity index (χ1v) is 3.76. The maximum Gasteiger partial charge on any atom is 1.00 e. The topological polar surface area (TPSA) is 0 Å². The molecular weight excluding hydrogens is 205 g/mol. The summed E-state index contributed by atoms with van der Waals surface area (Å²) in [4.78, 5) is 0.658. The molecule has 0 spiro atoms. The van der Waals surface area contributed by atoms with Gasteiger partial charge >= 0.3 is 81.1 Å². The van der Waals surface area contributed by atoms with Gasteiger partial charge < -0.3 is 0 Å². The van der Waals surface area contributed by atoms with Crippen molar-refractivity contribution >= 4 is 39.2 Å². The molecule has 1 atom stereocenters. The molecule has 0 saturated carbocycles. The summed E-state index contributed by atoms with van der Waals surface area (Å²) in [7, 11) is 0. The zero-order chi connectivity index (χ0) is 5.86. The fourth-order valence-corrected chi connectivity index (χ4v) is 0.463. The predicted octanol–water partition coefficient (Wildman–Crippen LogP) is -0.676. The van der Waals surface area contributed by atoms with E-state index in [9.17, 15) is 0 Å². The van der Waals surface area contributed by atoms with Gasteiger partial charge in [0.25, 0.3) is 0 Å². The molecule has 0 aliphatic rings. The molecule has 0 heterocycles. The molecule has 1 unspecified atom stereocenters. The van der Waals surface area contributed by atoms with Crippen molar-refractivity contribution < 1.29 is 18.9 Å². The maximum absolute atomic E-state index is 5.38. The minimum Gasteiger partial charge on any atom is 1.00 e. The Morgan fingerprint density at radius 2 is 2.00 bits per heavy atom. The van der Waals surface area contributed by atoms with Crippen LogP contribution in [0.5, 0.6) is 0 Å². The Bertz CT molecular complexity index is 51.3. The Hall–Kier alpha value is 1.70. The first-order valence-electron chi connectivity index (χ1n) is 2.02. The van der Waals surface area contributed by atoms with Crippen LogP contribution < -0.4 is 18.9 Å². The van der Waals surface area contributed by atoms with Crippen molar-refractivity contribution in [3.05, 3.63) is 4.84 Å². The molecule has 0 nitrogen and oxygen atoms in total. The summed E-state index contributed by atoms with van der Waals surface area (Å²) >= 11 is 13.6. The molecule has 0 fully saturated rings. The SMILES string of the molecule is CCC([Se])[C-](Cl)Cl.[Li+]. The maximum atomic E-state index is 5.38. The van der Waals surface area contributed by atoms with Crippen LogP contribution in [0.15, 0.2) is 0 Å². The van der Waals surface area contributed by atoms with Crippen LogP contribution in [0.3, 0.4) is 0 Å². The van der Waals surface area contributed by atoms with E-state index in [2.05, 4.69) is 16.0 Å². The van der Waals surface area contributed by atoms with Crippen molar-refractivity contribution in [1.29, 1.82) is 0 Å². The Morgan fingerprint density at radius 3 is 2.00 bits per heavy atom. The van der Waals surface area contributed by atoms with Crippen LogP contribution in [0.25, 0.3) is 0 Å². The minimum absolute atomic E-state index is 0. The smallest absolute Gasteiger partial charge is 1.00 e. The largest absolute Gasteiger partial charge is 1.00 e. The van der Waals surface area contributed by atoms with Gasteiger partial charge in [-0.1, -0.05) is 0 Å². The van der Waals surface area contributed by atoms with Gasteiger partial charge in [-0.3, -0.25) is 0 Å². The van der Waals surface area contributed by atoms with E-state index in [1.54, 1.807) is 0 Å². The molecule has 0 aromatic heterocycles. The van der Waals surface area contributed by atoms with Crippen LogP contribution in [0, 0.1) is 4.84 Å². The average Bonchev–Trinajstić information content (AvgIpc) is 1.65. The van der Waals surface area contributed by atoms with Crippen molar-refractivity contribution in [3.8, 4) is 0 Å². The van der Waals surface area contributed by atoms with Crippen LogP contribution in [0.4, 0.5) is 0 Å². The van der Waals surface area contributed by atoms with E-state index >= 15 is 0 Å². The predicted molar refractivity (Wildman–Crippen MR) is 34.7 cm³/mol. The summed E-state index contributed by atoms with van der Waals surface area (Å²) < 4.78 is 0. The second kappa shape index (κ2) is 6.81. The van der Waals surface area contributed by atoms with E-state index in [0.717, 1.165) is 6.42 Å². The molecule has 0 N–H and O–H groups in total. The Morgan fingerprint density at radius 1 is 1.62 bits per heavy atom. The summed E-state index contributed by atoms with van der Waals surface area (Å²) in [5.74, 6) is 0. The molecule has 0 rings (SSSR count). The molecule has 0 saturated heterocycles. The molecular formula is C4H6Cl2LiSe. The molecule has 4 heteroatoms. The standard InChI is InChI=1S/C4H6Cl2Se.Li/c1-2-3(7)4(5)6;/h3H,2H2,1H3;/q-1;+1. The van der Waals surface area contributed by atoms with Gasteiger partial charge in [0.2, 0.25) is 0 Å². The molecule has 0 aromatic carbocycles. The minimum atomic E-state index is 0. The molecule has 0 aliphatic heterocycles. The second-order valence-electron chi connectivity index (χ2n) is 1.19. The van der Waals surface area contributed by atoms with E-state index in [1.165, 1.54) is 0 Å². The third kappa shape index (κ3) is 5.83. The van der Waals surface area contributed by atoms with E-state index < -0.39 is 0 Å². The van der Waals surface area contributed by atoms with E-state index in [0.29, 0.717) is 4.84 Å².